The third kappa shape index (κ3) is 4.60. The highest BCUT2D eigenvalue weighted by Gasteiger charge is 2.40. The molecule has 0 saturated carbocycles. The summed E-state index contributed by atoms with van der Waals surface area (Å²) >= 11 is 4.10. The lowest BCUT2D eigenvalue weighted by molar-refractivity contribution is -0.141. The van der Waals surface area contributed by atoms with Gasteiger partial charge in [-0.2, -0.15) is 13.2 Å². The number of thiol groups is 1. The van der Waals surface area contributed by atoms with Gasteiger partial charge in [0.05, 0.1) is 18.4 Å². The average Bonchev–Trinajstić information content (AvgIpc) is 2.68. The molecule has 0 unspecified atom stereocenters. The van der Waals surface area contributed by atoms with Gasteiger partial charge in [-0.1, -0.05) is 0 Å². The number of benzene rings is 1. The summed E-state index contributed by atoms with van der Waals surface area (Å²) in [7, 11) is 0. The fraction of sp³-hybridized carbons (Fsp3) is 0.111. The van der Waals surface area contributed by atoms with Crippen LogP contribution in [-0.4, -0.2) is 39.6 Å². The molecule has 0 saturated heterocycles. The number of hydrazine groups is 1. The molecule has 0 atom stereocenters. The molecule has 162 valence electrons. The van der Waals surface area contributed by atoms with Crippen molar-refractivity contribution in [1.82, 2.24) is 9.99 Å². The van der Waals surface area contributed by atoms with Crippen molar-refractivity contribution in [2.24, 2.45) is 0 Å². The molecule has 2 N–H and O–H groups in total. The van der Waals surface area contributed by atoms with E-state index >= 15 is 0 Å². The highest BCUT2D eigenvalue weighted by molar-refractivity contribution is 7.84. The molecule has 3 rings (SSSR count). The van der Waals surface area contributed by atoms with Crippen molar-refractivity contribution >= 4 is 41.9 Å². The van der Waals surface area contributed by atoms with Crippen LogP contribution in [0.1, 0.15) is 5.69 Å². The number of carboxylic acid groups (broad SMARTS) is 1. The molecule has 0 aliphatic carbocycles. The predicted molar refractivity (Wildman–Crippen MR) is 102 cm³/mol. The zero-order valence-corrected chi connectivity index (χ0v) is 16.1. The second-order valence-corrected chi connectivity index (χ2v) is 6.68. The van der Waals surface area contributed by atoms with E-state index in [1.165, 1.54) is 12.1 Å². The number of pyridine rings is 1. The number of imide groups is 1. The zero-order chi connectivity index (χ0) is 22.9. The Morgan fingerprint density at radius 1 is 1.13 bits per heavy atom. The summed E-state index contributed by atoms with van der Waals surface area (Å²) in [6, 6.07) is 6.15. The predicted octanol–water partition coefficient (Wildman–Crippen LogP) is 3.30. The molecule has 1 aliphatic heterocycles. The standard InChI is InChI=1S/C18H12F4N4O4S/c19-9-1-3-10(4-2-9)24-15(27)14-12(31)8-25(26(16(14)28)17(29)30)11-5-6-13(23-7-11)18(20,21)22/h1-7,31H,8H2,(H,24,27)(H,29,30). The smallest absolute Gasteiger partial charge is 0.434 e. The molecule has 1 aromatic carbocycles. The summed E-state index contributed by atoms with van der Waals surface area (Å²) in [6.45, 7) is -0.416. The van der Waals surface area contributed by atoms with Gasteiger partial charge in [0.1, 0.15) is 17.1 Å². The molecule has 0 spiro atoms. The van der Waals surface area contributed by atoms with Crippen LogP contribution in [0.5, 0.6) is 0 Å². The van der Waals surface area contributed by atoms with Gasteiger partial charge in [-0.3, -0.25) is 14.6 Å². The van der Waals surface area contributed by atoms with E-state index in [9.17, 15) is 37.1 Å². The molecular formula is C18H12F4N4O4S. The van der Waals surface area contributed by atoms with E-state index in [1.54, 1.807) is 0 Å². The molecule has 0 bridgehead atoms. The number of carbonyl (C=O) groups is 3. The number of rotatable bonds is 3. The lowest BCUT2D eigenvalue weighted by Gasteiger charge is -2.36. The molecule has 1 aliphatic rings. The van der Waals surface area contributed by atoms with Gasteiger partial charge in [-0.15, -0.1) is 17.6 Å². The molecule has 8 nitrogen and oxygen atoms in total. The Kier molecular flexibility index (Phi) is 5.88. The Balaban J connectivity index is 1.92. The molecule has 13 heteroatoms. The Bertz CT molecular complexity index is 1070. The number of hydrogen-bond acceptors (Lipinski definition) is 6. The summed E-state index contributed by atoms with van der Waals surface area (Å²) in [5.74, 6) is -2.82. The Morgan fingerprint density at radius 3 is 2.29 bits per heavy atom. The van der Waals surface area contributed by atoms with Crippen molar-refractivity contribution in [2.75, 3.05) is 16.9 Å². The van der Waals surface area contributed by atoms with Crippen LogP contribution in [0.2, 0.25) is 0 Å². The molecule has 0 radical (unpaired) electrons. The highest BCUT2D eigenvalue weighted by Crippen LogP contribution is 2.31. The molecule has 3 amide bonds. The van der Waals surface area contributed by atoms with Crippen LogP contribution >= 0.6 is 12.6 Å². The lowest BCUT2D eigenvalue weighted by atomic mass is 10.1. The maximum Gasteiger partial charge on any atom is 0.434 e. The van der Waals surface area contributed by atoms with Gasteiger partial charge in [0.2, 0.25) is 0 Å². The van der Waals surface area contributed by atoms with Gasteiger partial charge in [0.15, 0.2) is 0 Å². The Morgan fingerprint density at radius 2 is 1.77 bits per heavy atom. The van der Waals surface area contributed by atoms with Crippen LogP contribution in [0.3, 0.4) is 0 Å². The van der Waals surface area contributed by atoms with E-state index < -0.39 is 47.7 Å². The SMILES string of the molecule is O=C(Nc1ccc(F)cc1)C1=C(S)CN(c2ccc(C(F)(F)F)nc2)N(C(=O)O)C1=O. The fourth-order valence-corrected chi connectivity index (χ4v) is 3.02. The number of nitrogens with one attached hydrogen (secondary N) is 1. The second kappa shape index (κ2) is 8.26. The number of anilines is 2. The summed E-state index contributed by atoms with van der Waals surface area (Å²) in [6.07, 6.45) is -5.74. The van der Waals surface area contributed by atoms with E-state index in [0.717, 1.165) is 29.4 Å². The quantitative estimate of drug-likeness (QED) is 0.372. The first-order chi connectivity index (χ1) is 14.5. The first kappa shape index (κ1) is 22.1. The number of hydrogen-bond donors (Lipinski definition) is 3. The van der Waals surface area contributed by atoms with Crippen molar-refractivity contribution in [3.05, 3.63) is 64.6 Å². The average molecular weight is 456 g/mol. The molecule has 2 heterocycles. The van der Waals surface area contributed by atoms with Crippen LogP contribution in [0.25, 0.3) is 0 Å². The monoisotopic (exact) mass is 456 g/mol. The number of nitrogens with zero attached hydrogens (tertiary/aromatic N) is 3. The van der Waals surface area contributed by atoms with Crippen molar-refractivity contribution in [3.8, 4) is 0 Å². The van der Waals surface area contributed by atoms with Crippen molar-refractivity contribution in [1.29, 1.82) is 0 Å². The Labute approximate surface area is 177 Å². The maximum atomic E-state index is 13.0. The van der Waals surface area contributed by atoms with E-state index in [2.05, 4.69) is 22.9 Å². The van der Waals surface area contributed by atoms with E-state index in [0.29, 0.717) is 6.07 Å². The van der Waals surface area contributed by atoms with Gasteiger partial charge in [-0.05, 0) is 36.4 Å². The zero-order valence-electron chi connectivity index (χ0n) is 15.2. The van der Waals surface area contributed by atoms with Crippen molar-refractivity contribution in [2.45, 2.75) is 6.18 Å². The summed E-state index contributed by atoms with van der Waals surface area (Å²) in [5, 5.41) is 12.8. The third-order valence-corrected chi connectivity index (χ3v) is 4.45. The van der Waals surface area contributed by atoms with Crippen LogP contribution in [0.4, 0.5) is 33.7 Å². The van der Waals surface area contributed by atoms with E-state index in [1.807, 2.05) is 0 Å². The first-order valence-corrected chi connectivity index (χ1v) is 8.81. The van der Waals surface area contributed by atoms with Gasteiger partial charge in [-0.25, -0.2) is 14.2 Å². The van der Waals surface area contributed by atoms with Gasteiger partial charge in [0, 0.05) is 10.6 Å². The summed E-state index contributed by atoms with van der Waals surface area (Å²) < 4.78 is 51.1. The third-order valence-electron chi connectivity index (χ3n) is 4.08. The van der Waals surface area contributed by atoms with Crippen molar-refractivity contribution in [3.63, 3.8) is 0 Å². The van der Waals surface area contributed by atoms with E-state index in [4.69, 9.17) is 0 Å². The number of aromatic nitrogens is 1. The molecular weight excluding hydrogens is 444 g/mol. The molecule has 31 heavy (non-hydrogen) atoms. The fourth-order valence-electron chi connectivity index (χ4n) is 2.69. The van der Waals surface area contributed by atoms with Gasteiger partial charge < -0.3 is 10.4 Å². The molecule has 1 aromatic heterocycles. The highest BCUT2D eigenvalue weighted by atomic mass is 32.1. The number of amides is 3. The van der Waals surface area contributed by atoms with Crippen LogP contribution in [0.15, 0.2) is 53.1 Å². The van der Waals surface area contributed by atoms with Gasteiger partial charge in [0.25, 0.3) is 11.8 Å². The van der Waals surface area contributed by atoms with Crippen LogP contribution in [-0.2, 0) is 15.8 Å². The first-order valence-electron chi connectivity index (χ1n) is 8.36. The molecule has 2 aromatic rings. The number of halogens is 4. The topological polar surface area (TPSA) is 103 Å². The summed E-state index contributed by atoms with van der Waals surface area (Å²) in [4.78, 5) is 40.1. The summed E-state index contributed by atoms with van der Waals surface area (Å²) in [5.41, 5.74) is -1.80. The lowest BCUT2D eigenvalue weighted by Crippen LogP contribution is -2.55. The second-order valence-electron chi connectivity index (χ2n) is 6.14. The van der Waals surface area contributed by atoms with E-state index in [-0.39, 0.29) is 21.3 Å². The minimum Gasteiger partial charge on any atom is -0.463 e. The Hall–Kier alpha value is -3.61. The largest absolute Gasteiger partial charge is 0.463 e. The number of carbonyl (C=O) groups excluding carboxylic acids is 2. The van der Waals surface area contributed by atoms with Crippen LogP contribution < -0.4 is 10.3 Å². The normalized spacial score (nSPS) is 14.7. The van der Waals surface area contributed by atoms with Crippen molar-refractivity contribution < 1.29 is 37.1 Å². The minimum absolute atomic E-state index is 0.137. The van der Waals surface area contributed by atoms with Crippen LogP contribution in [0, 0.1) is 5.82 Å². The maximum absolute atomic E-state index is 13.0. The minimum atomic E-state index is -4.71. The van der Waals surface area contributed by atoms with Gasteiger partial charge >= 0.3 is 12.3 Å². The number of alkyl halides is 3. The molecule has 0 fully saturated rings.